The summed E-state index contributed by atoms with van der Waals surface area (Å²) in [7, 11) is 0. The first-order valence-corrected chi connectivity index (χ1v) is 5.84. The van der Waals surface area contributed by atoms with E-state index in [1.54, 1.807) is 0 Å². The Morgan fingerprint density at radius 3 is 2.81 bits per heavy atom. The summed E-state index contributed by atoms with van der Waals surface area (Å²) in [6, 6.07) is 7.32. The van der Waals surface area contributed by atoms with Crippen LogP contribution in [0, 0.1) is 0 Å². The quantitative estimate of drug-likeness (QED) is 0.875. The van der Waals surface area contributed by atoms with Crippen molar-refractivity contribution < 1.29 is 4.79 Å². The van der Waals surface area contributed by atoms with E-state index in [4.69, 9.17) is 17.3 Å². The zero-order chi connectivity index (χ0) is 11.5. The molecule has 1 aliphatic rings. The van der Waals surface area contributed by atoms with E-state index < -0.39 is 0 Å². The van der Waals surface area contributed by atoms with Gasteiger partial charge in [-0.1, -0.05) is 29.8 Å². The molecule has 86 valence electrons. The number of hydrogen-bond acceptors (Lipinski definition) is 2. The molecule has 1 aromatic rings. The Morgan fingerprint density at radius 1 is 1.44 bits per heavy atom. The summed E-state index contributed by atoms with van der Waals surface area (Å²) in [5.74, 6) is 0.197. The van der Waals surface area contributed by atoms with Crippen molar-refractivity contribution in [3.05, 3.63) is 34.9 Å². The van der Waals surface area contributed by atoms with Gasteiger partial charge in [0.2, 0.25) is 5.91 Å². The molecule has 1 atom stereocenters. The molecular formula is C12H15ClN2O. The van der Waals surface area contributed by atoms with Crippen LogP contribution >= 0.6 is 11.6 Å². The lowest BCUT2D eigenvalue weighted by Crippen LogP contribution is -2.33. The number of likely N-dealkylation sites (tertiary alicyclic amines) is 1. The standard InChI is InChI=1S/C12H15ClN2O/c13-10-5-2-1-4-9(10)11(14)8-15-7-3-6-12(15)16/h1-2,4-5,11H,3,6-8,14H2. The van der Waals surface area contributed by atoms with Crippen molar-refractivity contribution in [2.75, 3.05) is 13.1 Å². The fourth-order valence-electron chi connectivity index (χ4n) is 2.01. The molecular weight excluding hydrogens is 224 g/mol. The van der Waals surface area contributed by atoms with Crippen LogP contribution in [-0.2, 0) is 4.79 Å². The molecule has 4 heteroatoms. The predicted octanol–water partition coefficient (Wildman–Crippen LogP) is 1.96. The number of halogens is 1. The van der Waals surface area contributed by atoms with E-state index in [1.807, 2.05) is 29.2 Å². The number of carbonyl (C=O) groups is 1. The maximum atomic E-state index is 11.5. The first kappa shape index (κ1) is 11.4. The van der Waals surface area contributed by atoms with E-state index in [9.17, 15) is 4.79 Å². The zero-order valence-corrected chi connectivity index (χ0v) is 9.78. The Bertz CT molecular complexity index is 394. The third kappa shape index (κ3) is 2.36. The van der Waals surface area contributed by atoms with Crippen LogP contribution in [-0.4, -0.2) is 23.9 Å². The lowest BCUT2D eigenvalue weighted by molar-refractivity contribution is -0.127. The summed E-state index contributed by atoms with van der Waals surface area (Å²) in [4.78, 5) is 13.3. The van der Waals surface area contributed by atoms with Gasteiger partial charge in [-0.25, -0.2) is 0 Å². The SMILES string of the molecule is NC(CN1CCCC1=O)c1ccccc1Cl. The highest BCUT2D eigenvalue weighted by molar-refractivity contribution is 6.31. The summed E-state index contributed by atoms with van der Waals surface area (Å²) >= 11 is 6.06. The summed E-state index contributed by atoms with van der Waals surface area (Å²) in [5.41, 5.74) is 6.97. The van der Waals surface area contributed by atoms with Crippen molar-refractivity contribution >= 4 is 17.5 Å². The summed E-state index contributed by atoms with van der Waals surface area (Å²) in [5, 5.41) is 0.668. The molecule has 0 radical (unpaired) electrons. The molecule has 0 saturated carbocycles. The highest BCUT2D eigenvalue weighted by Gasteiger charge is 2.23. The number of carbonyl (C=O) groups excluding carboxylic acids is 1. The number of benzene rings is 1. The fourth-order valence-corrected chi connectivity index (χ4v) is 2.28. The Morgan fingerprint density at radius 2 is 2.19 bits per heavy atom. The van der Waals surface area contributed by atoms with Crippen LogP contribution in [0.2, 0.25) is 5.02 Å². The highest BCUT2D eigenvalue weighted by atomic mass is 35.5. The molecule has 1 aliphatic heterocycles. The molecule has 2 rings (SSSR count). The van der Waals surface area contributed by atoms with Crippen molar-refractivity contribution in [1.29, 1.82) is 0 Å². The second kappa shape index (κ2) is 4.85. The summed E-state index contributed by atoms with van der Waals surface area (Å²) in [6.07, 6.45) is 1.59. The van der Waals surface area contributed by atoms with E-state index in [0.29, 0.717) is 18.0 Å². The molecule has 1 unspecified atom stereocenters. The zero-order valence-electron chi connectivity index (χ0n) is 9.03. The minimum absolute atomic E-state index is 0.197. The number of nitrogens with two attached hydrogens (primary N) is 1. The van der Waals surface area contributed by atoms with Crippen molar-refractivity contribution in [3.8, 4) is 0 Å². The van der Waals surface area contributed by atoms with Crippen LogP contribution in [0.1, 0.15) is 24.4 Å². The highest BCUT2D eigenvalue weighted by Crippen LogP contribution is 2.23. The van der Waals surface area contributed by atoms with Gasteiger partial charge in [0.15, 0.2) is 0 Å². The molecule has 1 fully saturated rings. The van der Waals surface area contributed by atoms with Crippen LogP contribution in [0.3, 0.4) is 0 Å². The van der Waals surface area contributed by atoms with Crippen LogP contribution in [0.4, 0.5) is 0 Å². The second-order valence-electron chi connectivity index (χ2n) is 4.07. The van der Waals surface area contributed by atoms with E-state index in [0.717, 1.165) is 18.5 Å². The second-order valence-corrected chi connectivity index (χ2v) is 4.48. The molecule has 0 spiro atoms. The molecule has 0 aliphatic carbocycles. The van der Waals surface area contributed by atoms with Gasteiger partial charge in [-0.2, -0.15) is 0 Å². The smallest absolute Gasteiger partial charge is 0.222 e. The Balaban J connectivity index is 2.05. The van der Waals surface area contributed by atoms with Gasteiger partial charge in [0.25, 0.3) is 0 Å². The molecule has 3 nitrogen and oxygen atoms in total. The van der Waals surface area contributed by atoms with Crippen molar-refractivity contribution in [1.82, 2.24) is 4.90 Å². The molecule has 1 amide bonds. The third-order valence-electron chi connectivity index (χ3n) is 2.89. The lowest BCUT2D eigenvalue weighted by atomic mass is 10.1. The number of amides is 1. The van der Waals surface area contributed by atoms with Gasteiger partial charge in [-0.15, -0.1) is 0 Å². The minimum atomic E-state index is -0.198. The Hall–Kier alpha value is -1.06. The van der Waals surface area contributed by atoms with Gasteiger partial charge in [0.05, 0.1) is 0 Å². The summed E-state index contributed by atoms with van der Waals surface area (Å²) in [6.45, 7) is 1.37. The van der Waals surface area contributed by atoms with Gasteiger partial charge in [-0.3, -0.25) is 4.79 Å². The average Bonchev–Trinajstić information content (AvgIpc) is 2.65. The fraction of sp³-hybridized carbons (Fsp3) is 0.417. The Kier molecular flexibility index (Phi) is 3.46. The third-order valence-corrected chi connectivity index (χ3v) is 3.24. The topological polar surface area (TPSA) is 46.3 Å². The molecule has 2 N–H and O–H groups in total. The van der Waals surface area contributed by atoms with Crippen molar-refractivity contribution in [2.24, 2.45) is 5.73 Å². The van der Waals surface area contributed by atoms with E-state index >= 15 is 0 Å². The number of hydrogen-bond donors (Lipinski definition) is 1. The first-order chi connectivity index (χ1) is 7.68. The van der Waals surface area contributed by atoms with E-state index in [2.05, 4.69) is 0 Å². The molecule has 1 heterocycles. The monoisotopic (exact) mass is 238 g/mol. The molecule has 1 aromatic carbocycles. The first-order valence-electron chi connectivity index (χ1n) is 5.46. The van der Waals surface area contributed by atoms with Crippen molar-refractivity contribution in [3.63, 3.8) is 0 Å². The summed E-state index contributed by atoms with van der Waals surface area (Å²) < 4.78 is 0. The largest absolute Gasteiger partial charge is 0.341 e. The number of nitrogens with zero attached hydrogens (tertiary/aromatic N) is 1. The maximum absolute atomic E-state index is 11.5. The van der Waals surface area contributed by atoms with Crippen LogP contribution in [0.15, 0.2) is 24.3 Å². The van der Waals surface area contributed by atoms with Crippen LogP contribution in [0.5, 0.6) is 0 Å². The van der Waals surface area contributed by atoms with Crippen molar-refractivity contribution in [2.45, 2.75) is 18.9 Å². The lowest BCUT2D eigenvalue weighted by Gasteiger charge is -2.21. The van der Waals surface area contributed by atoms with Gasteiger partial charge in [0.1, 0.15) is 0 Å². The normalized spacial score (nSPS) is 17.9. The van der Waals surface area contributed by atoms with E-state index in [-0.39, 0.29) is 11.9 Å². The molecule has 0 aromatic heterocycles. The predicted molar refractivity (Wildman–Crippen MR) is 64.2 cm³/mol. The molecule has 0 bridgehead atoms. The molecule has 16 heavy (non-hydrogen) atoms. The van der Waals surface area contributed by atoms with Gasteiger partial charge in [0, 0.05) is 30.6 Å². The Labute approximate surface area is 100 Å². The maximum Gasteiger partial charge on any atom is 0.222 e. The minimum Gasteiger partial charge on any atom is -0.341 e. The van der Waals surface area contributed by atoms with E-state index in [1.165, 1.54) is 0 Å². The average molecular weight is 239 g/mol. The van der Waals surface area contributed by atoms with Crippen LogP contribution in [0.25, 0.3) is 0 Å². The number of rotatable bonds is 3. The molecule has 1 saturated heterocycles. The van der Waals surface area contributed by atoms with Crippen LogP contribution < -0.4 is 5.73 Å². The van der Waals surface area contributed by atoms with Gasteiger partial charge < -0.3 is 10.6 Å². The van der Waals surface area contributed by atoms with Gasteiger partial charge in [-0.05, 0) is 18.1 Å². The van der Waals surface area contributed by atoms with Gasteiger partial charge >= 0.3 is 0 Å².